The first kappa shape index (κ1) is 9.66. The molecule has 0 saturated heterocycles. The molecular formula is C14H13N. The second-order valence-electron chi connectivity index (χ2n) is 3.44. The SMILES string of the molecule is C=Cc1ccc(Cc2ccccn2)cc1. The van der Waals surface area contributed by atoms with Crippen LogP contribution in [0.1, 0.15) is 16.8 Å². The van der Waals surface area contributed by atoms with Gasteiger partial charge in [-0.3, -0.25) is 4.98 Å². The van der Waals surface area contributed by atoms with Gasteiger partial charge in [0.2, 0.25) is 0 Å². The van der Waals surface area contributed by atoms with Crippen molar-refractivity contribution in [2.45, 2.75) is 6.42 Å². The number of rotatable bonds is 3. The zero-order valence-electron chi connectivity index (χ0n) is 8.56. The van der Waals surface area contributed by atoms with Gasteiger partial charge < -0.3 is 0 Å². The van der Waals surface area contributed by atoms with Crippen molar-refractivity contribution < 1.29 is 0 Å². The van der Waals surface area contributed by atoms with Crippen molar-refractivity contribution in [3.63, 3.8) is 0 Å². The normalized spacial score (nSPS) is 9.87. The van der Waals surface area contributed by atoms with Crippen LogP contribution < -0.4 is 0 Å². The minimum Gasteiger partial charge on any atom is -0.261 e. The largest absolute Gasteiger partial charge is 0.261 e. The Morgan fingerprint density at radius 3 is 2.47 bits per heavy atom. The predicted octanol–water partition coefficient (Wildman–Crippen LogP) is 3.32. The van der Waals surface area contributed by atoms with E-state index in [-0.39, 0.29) is 0 Å². The highest BCUT2D eigenvalue weighted by atomic mass is 14.7. The van der Waals surface area contributed by atoms with Crippen LogP contribution in [-0.2, 0) is 6.42 Å². The van der Waals surface area contributed by atoms with Crippen molar-refractivity contribution in [3.05, 3.63) is 72.1 Å². The second-order valence-corrected chi connectivity index (χ2v) is 3.44. The lowest BCUT2D eigenvalue weighted by atomic mass is 10.1. The molecule has 2 aromatic rings. The van der Waals surface area contributed by atoms with Gasteiger partial charge >= 0.3 is 0 Å². The average molecular weight is 195 g/mol. The highest BCUT2D eigenvalue weighted by molar-refractivity contribution is 5.47. The molecule has 0 atom stereocenters. The van der Waals surface area contributed by atoms with Gasteiger partial charge in [-0.2, -0.15) is 0 Å². The van der Waals surface area contributed by atoms with Gasteiger partial charge in [0.15, 0.2) is 0 Å². The predicted molar refractivity (Wildman–Crippen MR) is 63.6 cm³/mol. The summed E-state index contributed by atoms with van der Waals surface area (Å²) in [6.45, 7) is 3.73. The highest BCUT2D eigenvalue weighted by Gasteiger charge is 1.96. The fourth-order valence-corrected chi connectivity index (χ4v) is 1.48. The molecule has 74 valence electrons. The maximum absolute atomic E-state index is 4.30. The molecule has 0 saturated carbocycles. The molecule has 0 unspecified atom stereocenters. The standard InChI is InChI=1S/C14H13N/c1-2-12-6-8-13(9-7-12)11-14-5-3-4-10-15-14/h2-10H,1,11H2. The molecule has 15 heavy (non-hydrogen) atoms. The lowest BCUT2D eigenvalue weighted by molar-refractivity contribution is 1.07. The molecular weight excluding hydrogens is 182 g/mol. The maximum Gasteiger partial charge on any atom is 0.0447 e. The lowest BCUT2D eigenvalue weighted by Crippen LogP contribution is -1.90. The third kappa shape index (κ3) is 2.53. The quantitative estimate of drug-likeness (QED) is 0.732. The van der Waals surface area contributed by atoms with E-state index >= 15 is 0 Å². The molecule has 0 spiro atoms. The molecule has 1 heterocycles. The summed E-state index contributed by atoms with van der Waals surface area (Å²) in [5.74, 6) is 0. The molecule has 0 aliphatic rings. The van der Waals surface area contributed by atoms with Crippen LogP contribution in [0, 0.1) is 0 Å². The summed E-state index contributed by atoms with van der Waals surface area (Å²) in [6, 6.07) is 14.4. The van der Waals surface area contributed by atoms with E-state index in [2.05, 4.69) is 35.8 Å². The fourth-order valence-electron chi connectivity index (χ4n) is 1.48. The van der Waals surface area contributed by atoms with E-state index in [0.29, 0.717) is 0 Å². The second kappa shape index (κ2) is 4.56. The smallest absolute Gasteiger partial charge is 0.0447 e. The molecule has 2 rings (SSSR count). The summed E-state index contributed by atoms with van der Waals surface area (Å²) in [4.78, 5) is 4.30. The van der Waals surface area contributed by atoms with Crippen molar-refractivity contribution in [2.24, 2.45) is 0 Å². The Bertz CT molecular complexity index is 429. The molecule has 1 aromatic carbocycles. The van der Waals surface area contributed by atoms with Gasteiger partial charge in [0, 0.05) is 18.3 Å². The Balaban J connectivity index is 2.15. The van der Waals surface area contributed by atoms with Gasteiger partial charge in [-0.15, -0.1) is 0 Å². The Labute approximate surface area is 90.1 Å². The molecule has 1 aromatic heterocycles. The average Bonchev–Trinajstić information content (AvgIpc) is 2.31. The van der Waals surface area contributed by atoms with Gasteiger partial charge in [0.05, 0.1) is 0 Å². The molecule has 0 N–H and O–H groups in total. The number of hydrogen-bond acceptors (Lipinski definition) is 1. The van der Waals surface area contributed by atoms with Crippen molar-refractivity contribution >= 4 is 6.08 Å². The summed E-state index contributed by atoms with van der Waals surface area (Å²) in [6.07, 6.45) is 4.57. The third-order valence-electron chi connectivity index (χ3n) is 2.33. The van der Waals surface area contributed by atoms with Crippen LogP contribution in [0.5, 0.6) is 0 Å². The molecule has 0 aliphatic heterocycles. The monoisotopic (exact) mass is 195 g/mol. The third-order valence-corrected chi connectivity index (χ3v) is 2.33. The fraction of sp³-hybridized carbons (Fsp3) is 0.0714. The molecule has 0 fully saturated rings. The summed E-state index contributed by atoms with van der Waals surface area (Å²) in [5.41, 5.74) is 3.53. The number of nitrogens with zero attached hydrogens (tertiary/aromatic N) is 1. The van der Waals surface area contributed by atoms with Gasteiger partial charge in [0.25, 0.3) is 0 Å². The number of benzene rings is 1. The van der Waals surface area contributed by atoms with E-state index in [4.69, 9.17) is 0 Å². The Kier molecular flexibility index (Phi) is 2.93. The van der Waals surface area contributed by atoms with Gasteiger partial charge in [-0.25, -0.2) is 0 Å². The number of aromatic nitrogens is 1. The number of hydrogen-bond donors (Lipinski definition) is 0. The lowest BCUT2D eigenvalue weighted by Gasteiger charge is -2.01. The van der Waals surface area contributed by atoms with E-state index in [1.807, 2.05) is 30.5 Å². The molecule has 0 bridgehead atoms. The van der Waals surface area contributed by atoms with Crippen LogP contribution >= 0.6 is 0 Å². The highest BCUT2D eigenvalue weighted by Crippen LogP contribution is 2.09. The minimum absolute atomic E-state index is 0.887. The first-order valence-electron chi connectivity index (χ1n) is 5.00. The molecule has 1 heteroatoms. The van der Waals surface area contributed by atoms with Crippen LogP contribution in [0.2, 0.25) is 0 Å². The molecule has 0 amide bonds. The summed E-state index contributed by atoms with van der Waals surface area (Å²) < 4.78 is 0. The van der Waals surface area contributed by atoms with E-state index in [1.165, 1.54) is 5.56 Å². The van der Waals surface area contributed by atoms with Crippen molar-refractivity contribution in [1.29, 1.82) is 0 Å². The van der Waals surface area contributed by atoms with Gasteiger partial charge in [-0.05, 0) is 23.3 Å². The first-order valence-corrected chi connectivity index (χ1v) is 5.00. The molecule has 1 nitrogen and oxygen atoms in total. The minimum atomic E-state index is 0.887. The summed E-state index contributed by atoms with van der Waals surface area (Å²) in [5, 5.41) is 0. The zero-order chi connectivity index (χ0) is 10.5. The van der Waals surface area contributed by atoms with Gasteiger partial charge in [-0.1, -0.05) is 43.0 Å². The van der Waals surface area contributed by atoms with Crippen molar-refractivity contribution in [2.75, 3.05) is 0 Å². The topological polar surface area (TPSA) is 12.9 Å². The van der Waals surface area contributed by atoms with Crippen LogP contribution in [-0.4, -0.2) is 4.98 Å². The Morgan fingerprint density at radius 1 is 1.07 bits per heavy atom. The van der Waals surface area contributed by atoms with E-state index < -0.39 is 0 Å². The number of pyridine rings is 1. The summed E-state index contributed by atoms with van der Waals surface area (Å²) in [7, 11) is 0. The first-order chi connectivity index (χ1) is 7.38. The van der Waals surface area contributed by atoms with E-state index in [9.17, 15) is 0 Å². The van der Waals surface area contributed by atoms with Crippen molar-refractivity contribution in [1.82, 2.24) is 4.98 Å². The summed E-state index contributed by atoms with van der Waals surface area (Å²) >= 11 is 0. The van der Waals surface area contributed by atoms with Gasteiger partial charge in [0.1, 0.15) is 0 Å². The Hall–Kier alpha value is -1.89. The van der Waals surface area contributed by atoms with Crippen LogP contribution in [0.15, 0.2) is 55.2 Å². The Morgan fingerprint density at radius 2 is 1.87 bits per heavy atom. The maximum atomic E-state index is 4.30. The molecule has 0 radical (unpaired) electrons. The van der Waals surface area contributed by atoms with Crippen LogP contribution in [0.3, 0.4) is 0 Å². The van der Waals surface area contributed by atoms with Crippen LogP contribution in [0.4, 0.5) is 0 Å². The van der Waals surface area contributed by atoms with E-state index in [0.717, 1.165) is 17.7 Å². The zero-order valence-corrected chi connectivity index (χ0v) is 8.56. The molecule has 0 aliphatic carbocycles. The van der Waals surface area contributed by atoms with Crippen molar-refractivity contribution in [3.8, 4) is 0 Å². The van der Waals surface area contributed by atoms with E-state index in [1.54, 1.807) is 0 Å². The van der Waals surface area contributed by atoms with Crippen LogP contribution in [0.25, 0.3) is 6.08 Å².